The number of aromatic nitrogens is 2. The number of hydrogen-bond acceptors (Lipinski definition) is 4. The fourth-order valence-corrected chi connectivity index (χ4v) is 2.15. The van der Waals surface area contributed by atoms with Gasteiger partial charge in [0.05, 0.1) is 6.20 Å². The van der Waals surface area contributed by atoms with Gasteiger partial charge in [0.2, 0.25) is 0 Å². The van der Waals surface area contributed by atoms with Gasteiger partial charge >= 0.3 is 0 Å². The molecule has 0 unspecified atom stereocenters. The summed E-state index contributed by atoms with van der Waals surface area (Å²) < 4.78 is 37.8. The quantitative estimate of drug-likeness (QED) is 0.924. The maximum atomic E-state index is 13.9. The highest BCUT2D eigenvalue weighted by molar-refractivity contribution is 7.90. The van der Waals surface area contributed by atoms with E-state index in [1.54, 1.807) is 13.0 Å². The zero-order chi connectivity index (χ0) is 14.2. The van der Waals surface area contributed by atoms with Gasteiger partial charge < -0.3 is 5.73 Å². The molecule has 0 aliphatic rings. The third kappa shape index (κ3) is 2.82. The standard InChI is InChI=1S/C12H14FN3O2S/c1-8(14)9-3-4-12(11(13)5-9)16-7-10(6-15-16)19(2,17)18/h3-8H,14H2,1-2H3/t8-/m0/s1. The number of sulfone groups is 1. The molecular weight excluding hydrogens is 269 g/mol. The molecule has 0 spiro atoms. The van der Waals surface area contributed by atoms with Crippen LogP contribution in [0.1, 0.15) is 18.5 Å². The van der Waals surface area contributed by atoms with Crippen LogP contribution in [0, 0.1) is 5.82 Å². The van der Waals surface area contributed by atoms with Gasteiger partial charge in [-0.05, 0) is 24.6 Å². The van der Waals surface area contributed by atoms with Gasteiger partial charge in [0, 0.05) is 18.5 Å². The van der Waals surface area contributed by atoms with Crippen molar-refractivity contribution in [3.8, 4) is 5.69 Å². The van der Waals surface area contributed by atoms with Crippen molar-refractivity contribution >= 4 is 9.84 Å². The summed E-state index contributed by atoms with van der Waals surface area (Å²) in [5.74, 6) is -0.502. The third-order valence-electron chi connectivity index (χ3n) is 2.73. The Labute approximate surface area is 110 Å². The highest BCUT2D eigenvalue weighted by Crippen LogP contribution is 2.19. The Morgan fingerprint density at radius 3 is 2.58 bits per heavy atom. The van der Waals surface area contributed by atoms with Crippen LogP contribution in [0.15, 0.2) is 35.5 Å². The number of hydrogen-bond donors (Lipinski definition) is 1. The second-order valence-corrected chi connectivity index (χ2v) is 6.41. The molecule has 2 N–H and O–H groups in total. The highest BCUT2D eigenvalue weighted by atomic mass is 32.2. The predicted octanol–water partition coefficient (Wildman–Crippen LogP) is 1.43. The molecule has 0 bridgehead atoms. The third-order valence-corrected chi connectivity index (χ3v) is 3.80. The molecule has 0 fully saturated rings. The number of rotatable bonds is 3. The first-order valence-corrected chi connectivity index (χ1v) is 7.48. The summed E-state index contributed by atoms with van der Waals surface area (Å²) in [6, 6.07) is 4.26. The number of nitrogens with zero attached hydrogens (tertiary/aromatic N) is 2. The van der Waals surface area contributed by atoms with Crippen LogP contribution in [0.2, 0.25) is 0 Å². The summed E-state index contributed by atoms with van der Waals surface area (Å²) in [5.41, 5.74) is 6.51. The van der Waals surface area contributed by atoms with Crippen LogP contribution in [0.5, 0.6) is 0 Å². The van der Waals surface area contributed by atoms with Crippen LogP contribution in [-0.4, -0.2) is 24.5 Å². The zero-order valence-electron chi connectivity index (χ0n) is 10.5. The fraction of sp³-hybridized carbons (Fsp3) is 0.250. The number of benzene rings is 1. The lowest BCUT2D eigenvalue weighted by Gasteiger charge is -2.08. The second-order valence-electron chi connectivity index (χ2n) is 4.39. The lowest BCUT2D eigenvalue weighted by Crippen LogP contribution is -2.07. The first-order chi connectivity index (χ1) is 8.79. The summed E-state index contributed by atoms with van der Waals surface area (Å²) in [5, 5.41) is 3.85. The van der Waals surface area contributed by atoms with E-state index in [4.69, 9.17) is 5.73 Å². The molecule has 0 aliphatic carbocycles. The monoisotopic (exact) mass is 283 g/mol. The van der Waals surface area contributed by atoms with Gasteiger partial charge in [-0.1, -0.05) is 6.07 Å². The van der Waals surface area contributed by atoms with E-state index in [1.807, 2.05) is 0 Å². The molecule has 0 amide bonds. The second kappa shape index (κ2) is 4.75. The van der Waals surface area contributed by atoms with Crippen molar-refractivity contribution in [3.05, 3.63) is 42.0 Å². The summed E-state index contributed by atoms with van der Waals surface area (Å²) in [7, 11) is -3.35. The van der Waals surface area contributed by atoms with Gasteiger partial charge in [-0.2, -0.15) is 5.10 Å². The van der Waals surface area contributed by atoms with Gasteiger partial charge in [-0.3, -0.25) is 0 Å². The summed E-state index contributed by atoms with van der Waals surface area (Å²) >= 11 is 0. The van der Waals surface area contributed by atoms with E-state index in [9.17, 15) is 12.8 Å². The highest BCUT2D eigenvalue weighted by Gasteiger charge is 2.13. The van der Waals surface area contributed by atoms with Gasteiger partial charge in [0.1, 0.15) is 16.4 Å². The summed E-state index contributed by atoms with van der Waals surface area (Å²) in [6.07, 6.45) is 3.54. The topological polar surface area (TPSA) is 78.0 Å². The van der Waals surface area contributed by atoms with Crippen LogP contribution < -0.4 is 5.73 Å². The fourth-order valence-electron chi connectivity index (χ4n) is 1.62. The largest absolute Gasteiger partial charge is 0.324 e. The van der Waals surface area contributed by atoms with Gasteiger partial charge in [-0.25, -0.2) is 17.5 Å². The van der Waals surface area contributed by atoms with Crippen molar-refractivity contribution in [3.63, 3.8) is 0 Å². The van der Waals surface area contributed by atoms with E-state index in [2.05, 4.69) is 5.10 Å². The Balaban J connectivity index is 2.45. The predicted molar refractivity (Wildman–Crippen MR) is 69.2 cm³/mol. The van der Waals surface area contributed by atoms with Crippen LogP contribution in [0.4, 0.5) is 4.39 Å². The molecule has 0 saturated heterocycles. The minimum absolute atomic E-state index is 0.0446. The molecule has 0 radical (unpaired) electrons. The SMILES string of the molecule is C[C@H](N)c1ccc(-n2cc(S(C)(=O)=O)cn2)c(F)c1. The van der Waals surface area contributed by atoms with Gasteiger partial charge in [-0.15, -0.1) is 0 Å². The molecule has 2 rings (SSSR count). The lowest BCUT2D eigenvalue weighted by atomic mass is 10.1. The normalized spacial score (nSPS) is 13.5. The van der Waals surface area contributed by atoms with E-state index in [1.165, 1.54) is 29.2 Å². The average Bonchev–Trinajstić information content (AvgIpc) is 2.77. The Bertz CT molecular complexity index is 708. The molecule has 0 saturated carbocycles. The van der Waals surface area contributed by atoms with E-state index >= 15 is 0 Å². The number of halogens is 1. The average molecular weight is 283 g/mol. The maximum Gasteiger partial charge on any atom is 0.178 e. The summed E-state index contributed by atoms with van der Waals surface area (Å²) in [4.78, 5) is 0.0446. The van der Waals surface area contributed by atoms with Crippen molar-refractivity contribution in [2.24, 2.45) is 5.73 Å². The Morgan fingerprint density at radius 1 is 1.42 bits per heavy atom. The van der Waals surface area contributed by atoms with Crippen molar-refractivity contribution < 1.29 is 12.8 Å². The van der Waals surface area contributed by atoms with Crippen LogP contribution in [0.25, 0.3) is 5.69 Å². The Kier molecular flexibility index (Phi) is 3.42. The first-order valence-electron chi connectivity index (χ1n) is 5.59. The van der Waals surface area contributed by atoms with Crippen molar-refractivity contribution in [1.29, 1.82) is 0 Å². The van der Waals surface area contributed by atoms with Gasteiger partial charge in [0.25, 0.3) is 0 Å². The molecule has 0 aliphatic heterocycles. The first kappa shape index (κ1) is 13.7. The molecule has 7 heteroatoms. The van der Waals surface area contributed by atoms with E-state index in [0.29, 0.717) is 5.56 Å². The molecule has 2 aromatic rings. The van der Waals surface area contributed by atoms with E-state index in [0.717, 1.165) is 6.26 Å². The smallest absolute Gasteiger partial charge is 0.178 e. The van der Waals surface area contributed by atoms with Crippen LogP contribution in [-0.2, 0) is 9.84 Å². The number of nitrogens with two attached hydrogens (primary N) is 1. The molecule has 19 heavy (non-hydrogen) atoms. The molecule has 1 atom stereocenters. The minimum Gasteiger partial charge on any atom is -0.324 e. The van der Waals surface area contributed by atoms with Crippen molar-refractivity contribution in [1.82, 2.24) is 9.78 Å². The van der Waals surface area contributed by atoms with E-state index in [-0.39, 0.29) is 16.6 Å². The van der Waals surface area contributed by atoms with Crippen molar-refractivity contribution in [2.75, 3.05) is 6.26 Å². The van der Waals surface area contributed by atoms with Gasteiger partial charge in [0.15, 0.2) is 9.84 Å². The Morgan fingerprint density at radius 2 is 2.11 bits per heavy atom. The maximum absolute atomic E-state index is 13.9. The zero-order valence-corrected chi connectivity index (χ0v) is 11.4. The van der Waals surface area contributed by atoms with Crippen LogP contribution in [0.3, 0.4) is 0 Å². The van der Waals surface area contributed by atoms with Crippen LogP contribution >= 0.6 is 0 Å². The van der Waals surface area contributed by atoms with Crippen molar-refractivity contribution in [2.45, 2.75) is 17.9 Å². The summed E-state index contributed by atoms with van der Waals surface area (Å²) in [6.45, 7) is 1.75. The van der Waals surface area contributed by atoms with E-state index < -0.39 is 15.7 Å². The Hall–Kier alpha value is -1.73. The molecule has 1 aromatic heterocycles. The minimum atomic E-state index is -3.35. The molecule has 102 valence electrons. The molecule has 1 heterocycles. The lowest BCUT2D eigenvalue weighted by molar-refractivity contribution is 0.600. The molecule has 5 nitrogen and oxygen atoms in total. The molecular formula is C12H14FN3O2S. The molecule has 1 aromatic carbocycles.